The van der Waals surface area contributed by atoms with Crippen LogP contribution in [-0.4, -0.2) is 22.2 Å². The Hall–Kier alpha value is -2.76. The predicted octanol–water partition coefficient (Wildman–Crippen LogP) is 5.17. The second-order valence-electron chi connectivity index (χ2n) is 7.79. The molecule has 1 atom stereocenters. The van der Waals surface area contributed by atoms with Gasteiger partial charge in [0, 0.05) is 17.7 Å². The molecule has 0 spiro atoms. The molecule has 1 unspecified atom stereocenters. The van der Waals surface area contributed by atoms with E-state index in [-0.39, 0.29) is 11.3 Å². The minimum atomic E-state index is -0.423. The van der Waals surface area contributed by atoms with Crippen molar-refractivity contribution in [1.29, 1.82) is 0 Å². The fourth-order valence-electron chi connectivity index (χ4n) is 3.77. The van der Waals surface area contributed by atoms with Gasteiger partial charge in [0.05, 0.1) is 11.5 Å². The van der Waals surface area contributed by atoms with Crippen LogP contribution in [0.4, 0.5) is 5.69 Å². The molecule has 0 aromatic heterocycles. The molecule has 6 nitrogen and oxygen atoms in total. The van der Waals surface area contributed by atoms with Crippen molar-refractivity contribution < 1.29 is 19.5 Å². The number of phenolic OH excluding ortho intramolecular Hbond substituents is 1. The number of benzene rings is 2. The largest absolute Gasteiger partial charge is 0.507 e. The molecular weight excluding hydrogens is 358 g/mol. The van der Waals surface area contributed by atoms with Gasteiger partial charge in [-0.25, -0.2) is 0 Å². The van der Waals surface area contributed by atoms with Gasteiger partial charge in [-0.05, 0) is 82.2 Å². The third-order valence-corrected chi connectivity index (χ3v) is 5.76. The van der Waals surface area contributed by atoms with Crippen LogP contribution in [-0.2, 0) is 6.42 Å². The minimum absolute atomic E-state index is 0.0566. The number of fused-ring (bicyclic) bond motifs is 1. The summed E-state index contributed by atoms with van der Waals surface area (Å²) in [6.07, 6.45) is 3.44. The molecule has 0 bridgehead atoms. The predicted molar refractivity (Wildman–Crippen MR) is 107 cm³/mol. The zero-order valence-corrected chi connectivity index (χ0v) is 16.9. The van der Waals surface area contributed by atoms with Gasteiger partial charge >= 0.3 is 0 Å². The highest BCUT2D eigenvalue weighted by Crippen LogP contribution is 2.44. The standard InChI is InChI=1S/C22H27NO5/c1-14-15(2)21-19(16(3)20(14)24)10-12-22(4,28-21)11-5-13-27-18-8-6-17(7-9-18)23(25)26/h6-9,24H,5,10-13H2,1-4H3. The zero-order valence-electron chi connectivity index (χ0n) is 16.9. The Labute approximate surface area is 165 Å². The molecule has 1 heterocycles. The molecule has 0 radical (unpaired) electrons. The van der Waals surface area contributed by atoms with Gasteiger partial charge in [0.1, 0.15) is 22.8 Å². The van der Waals surface area contributed by atoms with Crippen LogP contribution in [0.3, 0.4) is 0 Å². The van der Waals surface area contributed by atoms with Crippen molar-refractivity contribution in [1.82, 2.24) is 0 Å². The highest BCUT2D eigenvalue weighted by molar-refractivity contribution is 5.58. The number of hydrogen-bond acceptors (Lipinski definition) is 5. The van der Waals surface area contributed by atoms with Crippen molar-refractivity contribution >= 4 is 5.69 Å². The Morgan fingerprint density at radius 1 is 1.18 bits per heavy atom. The maximum absolute atomic E-state index is 10.7. The first-order valence-corrected chi connectivity index (χ1v) is 9.60. The molecule has 0 aliphatic carbocycles. The average molecular weight is 385 g/mol. The van der Waals surface area contributed by atoms with Gasteiger partial charge in [0.2, 0.25) is 0 Å². The van der Waals surface area contributed by atoms with E-state index in [2.05, 4.69) is 6.92 Å². The quantitative estimate of drug-likeness (QED) is 0.421. The summed E-state index contributed by atoms with van der Waals surface area (Å²) >= 11 is 0. The van der Waals surface area contributed by atoms with Crippen LogP contribution in [0.5, 0.6) is 17.2 Å². The molecule has 1 N–H and O–H groups in total. The lowest BCUT2D eigenvalue weighted by molar-refractivity contribution is -0.384. The van der Waals surface area contributed by atoms with Gasteiger partial charge in [0.25, 0.3) is 5.69 Å². The molecule has 0 amide bonds. The third-order valence-electron chi connectivity index (χ3n) is 5.76. The van der Waals surface area contributed by atoms with Crippen molar-refractivity contribution in [3.63, 3.8) is 0 Å². The SMILES string of the molecule is Cc1c(C)c2c(c(C)c1O)CCC(C)(CCCOc1ccc([N+](=O)[O-])cc1)O2. The average Bonchev–Trinajstić information content (AvgIpc) is 2.68. The molecular formula is C22H27NO5. The number of aromatic hydroxyl groups is 1. The summed E-state index contributed by atoms with van der Waals surface area (Å²) in [4.78, 5) is 10.3. The highest BCUT2D eigenvalue weighted by Gasteiger charge is 2.34. The van der Waals surface area contributed by atoms with Gasteiger partial charge < -0.3 is 14.6 Å². The van der Waals surface area contributed by atoms with Gasteiger partial charge in [-0.2, -0.15) is 0 Å². The summed E-state index contributed by atoms with van der Waals surface area (Å²) in [5.41, 5.74) is 3.70. The number of rotatable bonds is 6. The maximum Gasteiger partial charge on any atom is 0.269 e. The fourth-order valence-corrected chi connectivity index (χ4v) is 3.77. The maximum atomic E-state index is 10.7. The Morgan fingerprint density at radius 3 is 2.50 bits per heavy atom. The number of nitro benzene ring substituents is 1. The van der Waals surface area contributed by atoms with Gasteiger partial charge in [-0.15, -0.1) is 0 Å². The third kappa shape index (κ3) is 3.91. The van der Waals surface area contributed by atoms with Crippen LogP contribution >= 0.6 is 0 Å². The van der Waals surface area contributed by atoms with E-state index >= 15 is 0 Å². The number of non-ortho nitro benzene ring substituents is 1. The molecule has 3 rings (SSSR count). The second kappa shape index (κ2) is 7.70. The summed E-state index contributed by atoms with van der Waals surface area (Å²) in [7, 11) is 0. The lowest BCUT2D eigenvalue weighted by Gasteiger charge is -2.38. The van der Waals surface area contributed by atoms with Gasteiger partial charge in [0.15, 0.2) is 0 Å². The summed E-state index contributed by atoms with van der Waals surface area (Å²) < 4.78 is 12.1. The Bertz CT molecular complexity index is 891. The van der Waals surface area contributed by atoms with Crippen LogP contribution in [0, 0.1) is 30.9 Å². The van der Waals surface area contributed by atoms with Gasteiger partial charge in [-0.1, -0.05) is 0 Å². The van der Waals surface area contributed by atoms with Crippen LogP contribution in [0.2, 0.25) is 0 Å². The van der Waals surface area contributed by atoms with Crippen LogP contribution in [0.25, 0.3) is 0 Å². The smallest absolute Gasteiger partial charge is 0.269 e. The van der Waals surface area contributed by atoms with E-state index in [0.29, 0.717) is 18.1 Å². The number of nitro groups is 1. The number of hydrogen-bond donors (Lipinski definition) is 1. The van der Waals surface area contributed by atoms with Crippen molar-refractivity contribution in [2.75, 3.05) is 6.61 Å². The first-order chi connectivity index (χ1) is 13.2. The first kappa shape index (κ1) is 20.0. The molecule has 0 saturated heterocycles. The van der Waals surface area contributed by atoms with E-state index in [1.54, 1.807) is 12.1 Å². The molecule has 1 aliphatic heterocycles. The first-order valence-electron chi connectivity index (χ1n) is 9.60. The Kier molecular flexibility index (Phi) is 5.49. The second-order valence-corrected chi connectivity index (χ2v) is 7.79. The van der Waals surface area contributed by atoms with E-state index in [1.165, 1.54) is 12.1 Å². The minimum Gasteiger partial charge on any atom is -0.507 e. The van der Waals surface area contributed by atoms with Gasteiger partial charge in [-0.3, -0.25) is 10.1 Å². The number of ether oxygens (including phenoxy) is 2. The van der Waals surface area contributed by atoms with Crippen molar-refractivity contribution in [3.8, 4) is 17.2 Å². The molecule has 28 heavy (non-hydrogen) atoms. The monoisotopic (exact) mass is 385 g/mol. The molecule has 0 fully saturated rings. The van der Waals surface area contributed by atoms with Crippen LogP contribution in [0.1, 0.15) is 48.4 Å². The van der Waals surface area contributed by atoms with E-state index < -0.39 is 4.92 Å². The summed E-state index contributed by atoms with van der Waals surface area (Å²) in [5, 5.41) is 21.0. The lowest BCUT2D eigenvalue weighted by Crippen LogP contribution is -2.37. The van der Waals surface area contributed by atoms with Crippen molar-refractivity contribution in [2.24, 2.45) is 0 Å². The fraction of sp³-hybridized carbons (Fsp3) is 0.455. The molecule has 2 aromatic rings. The Balaban J connectivity index is 1.59. The molecule has 1 aliphatic rings. The van der Waals surface area contributed by atoms with E-state index in [1.807, 2.05) is 20.8 Å². The van der Waals surface area contributed by atoms with Crippen molar-refractivity contribution in [2.45, 2.75) is 59.0 Å². The van der Waals surface area contributed by atoms with E-state index in [4.69, 9.17) is 9.47 Å². The van der Waals surface area contributed by atoms with Crippen LogP contribution in [0.15, 0.2) is 24.3 Å². The zero-order chi connectivity index (χ0) is 20.5. The number of nitrogens with zero attached hydrogens (tertiary/aromatic N) is 1. The van der Waals surface area contributed by atoms with Crippen molar-refractivity contribution in [3.05, 3.63) is 56.6 Å². The Morgan fingerprint density at radius 2 is 1.86 bits per heavy atom. The summed E-state index contributed by atoms with van der Waals surface area (Å²) in [5.74, 6) is 1.92. The topological polar surface area (TPSA) is 81.8 Å². The lowest BCUT2D eigenvalue weighted by atomic mass is 9.85. The molecule has 6 heteroatoms. The normalized spacial score (nSPS) is 18.3. The number of phenols is 1. The van der Waals surface area contributed by atoms with E-state index in [9.17, 15) is 15.2 Å². The summed E-state index contributed by atoms with van der Waals surface area (Å²) in [6, 6.07) is 6.13. The molecule has 150 valence electrons. The van der Waals surface area contributed by atoms with E-state index in [0.717, 1.165) is 53.7 Å². The highest BCUT2D eigenvalue weighted by atomic mass is 16.6. The molecule has 2 aromatic carbocycles. The van der Waals surface area contributed by atoms with Crippen LogP contribution < -0.4 is 9.47 Å². The molecule has 0 saturated carbocycles. The summed E-state index contributed by atoms with van der Waals surface area (Å²) in [6.45, 7) is 8.52.